The lowest BCUT2D eigenvalue weighted by Gasteiger charge is -2.11. The summed E-state index contributed by atoms with van der Waals surface area (Å²) in [5.41, 5.74) is 3.03. The lowest BCUT2D eigenvalue weighted by Crippen LogP contribution is -2.00. The molecule has 0 bridgehead atoms. The zero-order chi connectivity index (χ0) is 13.2. The molecule has 1 unspecified atom stereocenters. The molecule has 3 aromatic rings. The summed E-state index contributed by atoms with van der Waals surface area (Å²) in [5.74, 6) is 0. The number of benzene rings is 1. The van der Waals surface area contributed by atoms with Crippen molar-refractivity contribution in [2.45, 2.75) is 19.4 Å². The van der Waals surface area contributed by atoms with E-state index in [0.717, 1.165) is 27.8 Å². The van der Waals surface area contributed by atoms with Gasteiger partial charge in [0, 0.05) is 22.0 Å². The molecule has 3 rings (SSSR count). The number of aromatic nitrogens is 1. The van der Waals surface area contributed by atoms with E-state index in [-0.39, 0.29) is 0 Å². The van der Waals surface area contributed by atoms with Gasteiger partial charge in [0.1, 0.15) is 6.10 Å². The Hall–Kier alpha value is -1.71. The molecule has 0 saturated heterocycles. The number of para-hydroxylation sites is 1. The minimum Gasteiger partial charge on any atom is -0.383 e. The molecule has 1 atom stereocenters. The predicted molar refractivity (Wildman–Crippen MR) is 79.5 cm³/mol. The van der Waals surface area contributed by atoms with Crippen molar-refractivity contribution in [2.75, 3.05) is 0 Å². The van der Waals surface area contributed by atoms with Crippen LogP contribution in [0.15, 0.2) is 48.0 Å². The van der Waals surface area contributed by atoms with Gasteiger partial charge in [-0.1, -0.05) is 25.1 Å². The van der Waals surface area contributed by atoms with Gasteiger partial charge in [0.05, 0.1) is 5.52 Å². The van der Waals surface area contributed by atoms with E-state index < -0.39 is 6.10 Å². The van der Waals surface area contributed by atoms with Gasteiger partial charge >= 0.3 is 0 Å². The number of hydrogen-bond donors (Lipinski definition) is 1. The van der Waals surface area contributed by atoms with E-state index in [1.165, 1.54) is 5.56 Å². The standard InChI is InChI=1S/C16H15NOS/c1-2-11-7-8-19-16(11)15(18)13-9-12-5-3-4-6-14(12)17-10-13/h3-10,15,18H,2H2,1H3. The lowest BCUT2D eigenvalue weighted by molar-refractivity contribution is 0.223. The molecule has 0 aliphatic rings. The first kappa shape index (κ1) is 12.3. The Morgan fingerprint density at radius 1 is 1.26 bits per heavy atom. The van der Waals surface area contributed by atoms with Gasteiger partial charge in [-0.15, -0.1) is 11.3 Å². The molecule has 1 N–H and O–H groups in total. The normalized spacial score (nSPS) is 12.7. The Bertz CT molecular complexity index is 705. The summed E-state index contributed by atoms with van der Waals surface area (Å²) in [5, 5.41) is 13.6. The SMILES string of the molecule is CCc1ccsc1C(O)c1cnc2ccccc2c1. The highest BCUT2D eigenvalue weighted by molar-refractivity contribution is 7.10. The first-order valence-corrected chi connectivity index (χ1v) is 7.26. The van der Waals surface area contributed by atoms with Crippen LogP contribution in [0, 0.1) is 0 Å². The van der Waals surface area contributed by atoms with Crippen LogP contribution in [0.1, 0.15) is 29.0 Å². The number of nitrogens with zero attached hydrogens (tertiary/aromatic N) is 1. The fourth-order valence-electron chi connectivity index (χ4n) is 2.27. The average molecular weight is 269 g/mol. The molecule has 0 aliphatic carbocycles. The minimum absolute atomic E-state index is 0.577. The van der Waals surface area contributed by atoms with E-state index in [2.05, 4.69) is 18.0 Å². The molecule has 2 nitrogen and oxygen atoms in total. The molecule has 96 valence electrons. The highest BCUT2D eigenvalue weighted by atomic mass is 32.1. The second-order valence-corrected chi connectivity index (χ2v) is 5.48. The smallest absolute Gasteiger partial charge is 0.115 e. The molecular formula is C16H15NOS. The Morgan fingerprint density at radius 2 is 2.11 bits per heavy atom. The van der Waals surface area contributed by atoms with E-state index in [1.54, 1.807) is 17.5 Å². The average Bonchev–Trinajstić information content (AvgIpc) is 2.94. The van der Waals surface area contributed by atoms with Crippen molar-refractivity contribution in [3.63, 3.8) is 0 Å². The van der Waals surface area contributed by atoms with Crippen LogP contribution in [-0.4, -0.2) is 10.1 Å². The molecule has 19 heavy (non-hydrogen) atoms. The molecule has 0 amide bonds. The zero-order valence-electron chi connectivity index (χ0n) is 10.7. The Morgan fingerprint density at radius 3 is 2.95 bits per heavy atom. The van der Waals surface area contributed by atoms with Gasteiger partial charge in [0.25, 0.3) is 0 Å². The van der Waals surface area contributed by atoms with Crippen molar-refractivity contribution in [1.82, 2.24) is 4.98 Å². The Labute approximate surface area is 116 Å². The third kappa shape index (κ3) is 2.27. The Balaban J connectivity index is 2.04. The van der Waals surface area contributed by atoms with E-state index in [9.17, 15) is 5.11 Å². The maximum absolute atomic E-state index is 10.5. The minimum atomic E-state index is -0.577. The van der Waals surface area contributed by atoms with Crippen molar-refractivity contribution >= 4 is 22.2 Å². The van der Waals surface area contributed by atoms with Gasteiger partial charge in [-0.05, 0) is 35.6 Å². The van der Waals surface area contributed by atoms with E-state index >= 15 is 0 Å². The van der Waals surface area contributed by atoms with Crippen LogP contribution < -0.4 is 0 Å². The van der Waals surface area contributed by atoms with E-state index in [0.29, 0.717) is 0 Å². The molecule has 0 radical (unpaired) electrons. The van der Waals surface area contributed by atoms with Crippen LogP contribution in [0.3, 0.4) is 0 Å². The van der Waals surface area contributed by atoms with Gasteiger partial charge in [0.2, 0.25) is 0 Å². The number of fused-ring (bicyclic) bond motifs is 1. The molecule has 3 heteroatoms. The van der Waals surface area contributed by atoms with Gasteiger partial charge in [-0.25, -0.2) is 0 Å². The van der Waals surface area contributed by atoms with E-state index in [4.69, 9.17) is 0 Å². The van der Waals surface area contributed by atoms with Crippen LogP contribution in [0.4, 0.5) is 0 Å². The number of hydrogen-bond acceptors (Lipinski definition) is 3. The first-order chi connectivity index (χ1) is 9.29. The summed E-state index contributed by atoms with van der Waals surface area (Å²) in [6, 6.07) is 12.1. The Kier molecular flexibility index (Phi) is 3.32. The quantitative estimate of drug-likeness (QED) is 0.781. The third-order valence-electron chi connectivity index (χ3n) is 3.34. The summed E-state index contributed by atoms with van der Waals surface area (Å²) in [4.78, 5) is 5.44. The molecular weight excluding hydrogens is 254 g/mol. The summed E-state index contributed by atoms with van der Waals surface area (Å²) in [6.07, 6.45) is 2.13. The van der Waals surface area contributed by atoms with Crippen LogP contribution in [0.25, 0.3) is 10.9 Å². The number of pyridine rings is 1. The summed E-state index contributed by atoms with van der Waals surface area (Å²) >= 11 is 1.60. The zero-order valence-corrected chi connectivity index (χ0v) is 11.5. The van der Waals surface area contributed by atoms with Crippen LogP contribution >= 0.6 is 11.3 Å². The molecule has 0 spiro atoms. The second kappa shape index (κ2) is 5.11. The van der Waals surface area contributed by atoms with Crippen LogP contribution in [-0.2, 0) is 6.42 Å². The molecule has 1 aromatic carbocycles. The maximum Gasteiger partial charge on any atom is 0.115 e. The molecule has 0 fully saturated rings. The largest absolute Gasteiger partial charge is 0.383 e. The van der Waals surface area contributed by atoms with Crippen molar-refractivity contribution < 1.29 is 5.11 Å². The fourth-order valence-corrected chi connectivity index (χ4v) is 3.28. The summed E-state index contributed by atoms with van der Waals surface area (Å²) in [7, 11) is 0. The van der Waals surface area contributed by atoms with Crippen molar-refractivity contribution in [3.8, 4) is 0 Å². The fraction of sp³-hybridized carbons (Fsp3) is 0.188. The van der Waals surface area contributed by atoms with Crippen LogP contribution in [0.5, 0.6) is 0 Å². The lowest BCUT2D eigenvalue weighted by atomic mass is 10.0. The van der Waals surface area contributed by atoms with Gasteiger partial charge in [0.15, 0.2) is 0 Å². The monoisotopic (exact) mass is 269 g/mol. The summed E-state index contributed by atoms with van der Waals surface area (Å²) in [6.45, 7) is 2.11. The van der Waals surface area contributed by atoms with Crippen molar-refractivity contribution in [2.24, 2.45) is 0 Å². The van der Waals surface area contributed by atoms with E-state index in [1.807, 2.05) is 35.7 Å². The molecule has 2 heterocycles. The first-order valence-electron chi connectivity index (χ1n) is 6.38. The molecule has 0 aliphatic heterocycles. The maximum atomic E-state index is 10.5. The number of thiophene rings is 1. The predicted octanol–water partition coefficient (Wildman–Crippen LogP) is 3.94. The van der Waals surface area contributed by atoms with Crippen LogP contribution in [0.2, 0.25) is 0 Å². The van der Waals surface area contributed by atoms with Crippen molar-refractivity contribution in [1.29, 1.82) is 0 Å². The molecule has 0 saturated carbocycles. The second-order valence-electron chi connectivity index (χ2n) is 4.53. The number of aliphatic hydroxyl groups is 1. The number of rotatable bonds is 3. The van der Waals surface area contributed by atoms with Crippen molar-refractivity contribution in [3.05, 3.63) is 64.0 Å². The highest BCUT2D eigenvalue weighted by Crippen LogP contribution is 2.30. The number of aliphatic hydroxyl groups excluding tert-OH is 1. The number of aryl methyl sites for hydroxylation is 1. The third-order valence-corrected chi connectivity index (χ3v) is 4.35. The van der Waals surface area contributed by atoms with Gasteiger partial charge in [-0.2, -0.15) is 0 Å². The topological polar surface area (TPSA) is 33.1 Å². The van der Waals surface area contributed by atoms with Gasteiger partial charge in [-0.3, -0.25) is 4.98 Å². The highest BCUT2D eigenvalue weighted by Gasteiger charge is 2.16. The molecule has 2 aromatic heterocycles. The summed E-state index contributed by atoms with van der Waals surface area (Å²) < 4.78 is 0. The van der Waals surface area contributed by atoms with Gasteiger partial charge < -0.3 is 5.11 Å².